The molecule has 0 radical (unpaired) electrons. The molecule has 1 aliphatic heterocycles. The number of hydrogen-bond acceptors (Lipinski definition) is 4. The van der Waals surface area contributed by atoms with Gasteiger partial charge < -0.3 is 9.88 Å². The van der Waals surface area contributed by atoms with Gasteiger partial charge in [0.1, 0.15) is 0 Å². The number of aromatic nitrogens is 2. The van der Waals surface area contributed by atoms with Gasteiger partial charge in [-0.25, -0.2) is 13.4 Å². The molecule has 2 aromatic carbocycles. The third-order valence-electron chi connectivity index (χ3n) is 4.83. The highest BCUT2D eigenvalue weighted by atomic mass is 32.2. The normalized spacial score (nSPS) is 16.4. The van der Waals surface area contributed by atoms with Crippen LogP contribution in [0.25, 0.3) is 10.8 Å². The van der Waals surface area contributed by atoms with E-state index in [0.717, 1.165) is 10.8 Å². The minimum Gasteiger partial charge on any atom is -0.337 e. The third kappa shape index (κ3) is 3.45. The van der Waals surface area contributed by atoms with Crippen LogP contribution in [0.4, 0.5) is 0 Å². The number of sulfonamides is 1. The Hall–Kier alpha value is -2.71. The number of carbonyl (C=O) groups excluding carboxylic acids is 1. The van der Waals surface area contributed by atoms with Crippen LogP contribution in [-0.2, 0) is 10.0 Å². The van der Waals surface area contributed by atoms with Crippen LogP contribution >= 0.6 is 0 Å². The van der Waals surface area contributed by atoms with E-state index in [2.05, 4.69) is 9.97 Å². The molecule has 1 fully saturated rings. The van der Waals surface area contributed by atoms with Crippen molar-refractivity contribution in [3.8, 4) is 0 Å². The summed E-state index contributed by atoms with van der Waals surface area (Å²) in [5.74, 6) is -0.0680. The van der Waals surface area contributed by atoms with Crippen molar-refractivity contribution < 1.29 is 13.2 Å². The van der Waals surface area contributed by atoms with Crippen LogP contribution in [0.3, 0.4) is 0 Å². The highest BCUT2D eigenvalue weighted by Crippen LogP contribution is 2.19. The first-order valence-corrected chi connectivity index (χ1v) is 10.3. The zero-order chi connectivity index (χ0) is 18.9. The van der Waals surface area contributed by atoms with Crippen LogP contribution in [0.5, 0.6) is 0 Å². The van der Waals surface area contributed by atoms with Gasteiger partial charge in [-0.05, 0) is 29.3 Å². The first-order valence-electron chi connectivity index (χ1n) is 8.82. The summed E-state index contributed by atoms with van der Waals surface area (Å²) < 4.78 is 26.7. The average molecular weight is 384 g/mol. The molecule has 1 aliphatic rings. The lowest BCUT2D eigenvalue weighted by atomic mass is 10.1. The summed E-state index contributed by atoms with van der Waals surface area (Å²) in [4.78, 5) is 21.1. The van der Waals surface area contributed by atoms with E-state index < -0.39 is 10.0 Å². The van der Waals surface area contributed by atoms with E-state index >= 15 is 0 Å². The fourth-order valence-corrected chi connectivity index (χ4v) is 4.73. The number of amides is 1. The molecular weight excluding hydrogens is 364 g/mol. The number of nitrogens with zero attached hydrogens (tertiary/aromatic N) is 3. The predicted molar refractivity (Wildman–Crippen MR) is 102 cm³/mol. The lowest BCUT2D eigenvalue weighted by Crippen LogP contribution is -2.37. The van der Waals surface area contributed by atoms with Gasteiger partial charge in [0.25, 0.3) is 15.9 Å². The standard InChI is InChI=1S/C19H20N4O3S/c24-19(17-7-6-15-4-1-2-5-16(15)12-17)22-8-3-9-23(11-10-22)27(25,26)18-13-20-14-21-18/h1-2,4-7,12-14H,3,8-11H2,(H,20,21). The van der Waals surface area contributed by atoms with Crippen LogP contribution in [0, 0.1) is 0 Å². The Morgan fingerprint density at radius 1 is 1.00 bits per heavy atom. The minimum atomic E-state index is -3.61. The molecule has 0 atom stereocenters. The molecule has 0 aliphatic carbocycles. The molecule has 1 aromatic heterocycles. The van der Waals surface area contributed by atoms with Gasteiger partial charge >= 0.3 is 0 Å². The smallest absolute Gasteiger partial charge is 0.260 e. The Bertz CT molecular complexity index is 1060. The van der Waals surface area contributed by atoms with E-state index in [1.54, 1.807) is 4.90 Å². The maximum absolute atomic E-state index is 12.9. The zero-order valence-electron chi connectivity index (χ0n) is 14.7. The molecule has 0 bridgehead atoms. The van der Waals surface area contributed by atoms with Gasteiger partial charge in [-0.15, -0.1) is 0 Å². The second-order valence-electron chi connectivity index (χ2n) is 6.53. The second kappa shape index (κ2) is 7.13. The minimum absolute atomic E-state index is 0.0680. The maximum Gasteiger partial charge on any atom is 0.260 e. The lowest BCUT2D eigenvalue weighted by molar-refractivity contribution is 0.0764. The van der Waals surface area contributed by atoms with Crippen molar-refractivity contribution in [1.82, 2.24) is 19.2 Å². The highest BCUT2D eigenvalue weighted by molar-refractivity contribution is 7.89. The fraction of sp³-hybridized carbons (Fsp3) is 0.263. The van der Waals surface area contributed by atoms with Crippen LogP contribution in [-0.4, -0.2) is 59.7 Å². The van der Waals surface area contributed by atoms with Crippen LogP contribution in [0.15, 0.2) is 60.0 Å². The molecule has 1 saturated heterocycles. The maximum atomic E-state index is 12.9. The summed E-state index contributed by atoms with van der Waals surface area (Å²) >= 11 is 0. The molecular formula is C19H20N4O3S. The van der Waals surface area contributed by atoms with Gasteiger partial charge in [-0.1, -0.05) is 30.3 Å². The summed E-state index contributed by atoms with van der Waals surface area (Å²) in [6, 6.07) is 13.6. The number of H-pyrrole nitrogens is 1. The molecule has 7 nitrogen and oxygen atoms in total. The topological polar surface area (TPSA) is 86.4 Å². The molecule has 27 heavy (non-hydrogen) atoms. The first kappa shape index (κ1) is 17.7. The third-order valence-corrected chi connectivity index (χ3v) is 6.65. The van der Waals surface area contributed by atoms with E-state index in [1.165, 1.54) is 16.8 Å². The average Bonchev–Trinajstić information content (AvgIpc) is 3.12. The van der Waals surface area contributed by atoms with Crippen molar-refractivity contribution in [2.24, 2.45) is 0 Å². The summed E-state index contributed by atoms with van der Waals surface area (Å²) in [7, 11) is -3.61. The monoisotopic (exact) mass is 384 g/mol. The van der Waals surface area contributed by atoms with E-state index in [1.807, 2.05) is 42.5 Å². The van der Waals surface area contributed by atoms with E-state index in [0.29, 0.717) is 31.6 Å². The van der Waals surface area contributed by atoms with Gasteiger partial charge in [-0.3, -0.25) is 4.79 Å². The highest BCUT2D eigenvalue weighted by Gasteiger charge is 2.29. The number of nitrogens with one attached hydrogen (secondary N) is 1. The Balaban J connectivity index is 1.51. The van der Waals surface area contributed by atoms with Crippen molar-refractivity contribution in [2.75, 3.05) is 26.2 Å². The van der Waals surface area contributed by atoms with Crippen molar-refractivity contribution in [1.29, 1.82) is 0 Å². The van der Waals surface area contributed by atoms with Gasteiger partial charge in [0, 0.05) is 31.7 Å². The van der Waals surface area contributed by atoms with Crippen LogP contribution in [0.2, 0.25) is 0 Å². The molecule has 3 aromatic rings. The Morgan fingerprint density at radius 2 is 1.81 bits per heavy atom. The van der Waals surface area contributed by atoms with Gasteiger partial charge in [0.15, 0.2) is 5.03 Å². The summed E-state index contributed by atoms with van der Waals surface area (Å²) in [5, 5.41) is 2.18. The summed E-state index contributed by atoms with van der Waals surface area (Å²) in [6.07, 6.45) is 3.24. The van der Waals surface area contributed by atoms with E-state index in [9.17, 15) is 13.2 Å². The van der Waals surface area contributed by atoms with Crippen molar-refractivity contribution in [3.05, 3.63) is 60.6 Å². The number of fused-ring (bicyclic) bond motifs is 1. The predicted octanol–water partition coefficient (Wildman–Crippen LogP) is 2.10. The first-order chi connectivity index (χ1) is 13.1. The van der Waals surface area contributed by atoms with Crippen LogP contribution in [0.1, 0.15) is 16.8 Å². The fourth-order valence-electron chi connectivity index (χ4n) is 3.37. The number of hydrogen-bond donors (Lipinski definition) is 1. The summed E-state index contributed by atoms with van der Waals surface area (Å²) in [6.45, 7) is 1.53. The molecule has 0 saturated carbocycles. The zero-order valence-corrected chi connectivity index (χ0v) is 15.5. The Labute approximate surface area is 157 Å². The molecule has 0 unspecified atom stereocenters. The molecule has 0 spiro atoms. The van der Waals surface area contributed by atoms with Crippen molar-refractivity contribution in [2.45, 2.75) is 11.4 Å². The number of imidazole rings is 1. The molecule has 8 heteroatoms. The SMILES string of the molecule is O=C(c1ccc2ccccc2c1)N1CCCN(S(=O)(=O)c2cnc[nH]2)CC1. The number of benzene rings is 2. The van der Waals surface area contributed by atoms with Gasteiger partial charge in [0.2, 0.25) is 0 Å². The molecule has 140 valence electrons. The van der Waals surface area contributed by atoms with Gasteiger partial charge in [0.05, 0.1) is 12.5 Å². The number of aromatic amines is 1. The second-order valence-corrected chi connectivity index (χ2v) is 8.43. The number of rotatable bonds is 3. The largest absolute Gasteiger partial charge is 0.337 e. The van der Waals surface area contributed by atoms with Crippen molar-refractivity contribution >= 4 is 26.7 Å². The van der Waals surface area contributed by atoms with E-state index in [-0.39, 0.29) is 17.5 Å². The van der Waals surface area contributed by atoms with Gasteiger partial charge in [-0.2, -0.15) is 4.31 Å². The molecule has 2 heterocycles. The van der Waals surface area contributed by atoms with E-state index in [4.69, 9.17) is 0 Å². The lowest BCUT2D eigenvalue weighted by Gasteiger charge is -2.21. The Kier molecular flexibility index (Phi) is 4.67. The quantitative estimate of drug-likeness (QED) is 0.749. The van der Waals surface area contributed by atoms with Crippen LogP contribution < -0.4 is 0 Å². The Morgan fingerprint density at radius 3 is 2.59 bits per heavy atom. The van der Waals surface area contributed by atoms with Crippen molar-refractivity contribution in [3.63, 3.8) is 0 Å². The molecule has 4 rings (SSSR count). The number of carbonyl (C=O) groups is 1. The molecule has 1 N–H and O–H groups in total. The summed E-state index contributed by atoms with van der Waals surface area (Å²) in [5.41, 5.74) is 0.624. The molecule has 1 amide bonds.